The van der Waals surface area contributed by atoms with E-state index in [2.05, 4.69) is 30.2 Å². The van der Waals surface area contributed by atoms with Crippen molar-refractivity contribution in [3.8, 4) is 5.88 Å². The van der Waals surface area contributed by atoms with Crippen molar-refractivity contribution in [2.45, 2.75) is 13.5 Å². The number of pyridine rings is 1. The Bertz CT molecular complexity index is 1030. The number of hydrogen-bond acceptors (Lipinski definition) is 8. The molecule has 0 aliphatic carbocycles. The number of nitrogens with zero attached hydrogens (tertiary/aromatic N) is 6. The average Bonchev–Trinajstić information content (AvgIpc) is 2.71. The summed E-state index contributed by atoms with van der Waals surface area (Å²) in [6.45, 7) is 5.30. The first-order chi connectivity index (χ1) is 13.2. The molecule has 1 N–H and O–H groups in total. The van der Waals surface area contributed by atoms with E-state index in [-0.39, 0.29) is 12.1 Å². The zero-order valence-corrected chi connectivity index (χ0v) is 15.3. The van der Waals surface area contributed by atoms with Crippen molar-refractivity contribution >= 4 is 16.9 Å². The van der Waals surface area contributed by atoms with E-state index in [9.17, 15) is 4.79 Å². The summed E-state index contributed by atoms with van der Waals surface area (Å²) in [6, 6.07) is 1.83. The molecule has 27 heavy (non-hydrogen) atoms. The van der Waals surface area contributed by atoms with Crippen LogP contribution in [-0.4, -0.2) is 57.8 Å². The summed E-state index contributed by atoms with van der Waals surface area (Å²) in [5.41, 5.74) is 3.05. The zero-order chi connectivity index (χ0) is 18.8. The molecular formula is C18H21N7O2. The number of aryl methyl sites for hydroxylation is 1. The Morgan fingerprint density at radius 3 is 2.74 bits per heavy atom. The van der Waals surface area contributed by atoms with Gasteiger partial charge >= 0.3 is 0 Å². The van der Waals surface area contributed by atoms with Crippen molar-refractivity contribution in [2.75, 3.05) is 38.2 Å². The van der Waals surface area contributed by atoms with Crippen LogP contribution in [0.2, 0.25) is 0 Å². The van der Waals surface area contributed by atoms with E-state index in [1.54, 1.807) is 23.2 Å². The van der Waals surface area contributed by atoms with Gasteiger partial charge in [-0.1, -0.05) is 0 Å². The Kier molecular flexibility index (Phi) is 4.68. The zero-order valence-electron chi connectivity index (χ0n) is 15.3. The maximum Gasteiger partial charge on any atom is 0.276 e. The summed E-state index contributed by atoms with van der Waals surface area (Å²) in [5.74, 6) is 0.394. The molecule has 0 atom stereocenters. The fourth-order valence-electron chi connectivity index (χ4n) is 3.26. The third-order valence-electron chi connectivity index (χ3n) is 4.59. The number of rotatable bonds is 4. The molecule has 0 unspecified atom stereocenters. The number of hydrogen-bond donors (Lipinski definition) is 1. The van der Waals surface area contributed by atoms with E-state index in [0.717, 1.165) is 31.9 Å². The minimum absolute atomic E-state index is 0.114. The number of nitrogens with one attached hydrogen (secondary N) is 1. The standard InChI is InChI=1S/C18H21N7O2/c1-12-10-22-13-9-15(24-7-5-19-6-8-24)18(26)25(16(13)23-12)11-14-17(27-2)21-4-3-20-14/h3-4,9-10,19H,5-8,11H2,1-2H3. The van der Waals surface area contributed by atoms with Crippen LogP contribution in [0.25, 0.3) is 11.2 Å². The lowest BCUT2D eigenvalue weighted by molar-refractivity contribution is 0.387. The lowest BCUT2D eigenvalue weighted by atomic mass is 10.2. The predicted molar refractivity (Wildman–Crippen MR) is 101 cm³/mol. The maximum absolute atomic E-state index is 13.3. The first kappa shape index (κ1) is 17.3. The molecule has 0 radical (unpaired) electrons. The van der Waals surface area contributed by atoms with E-state index < -0.39 is 0 Å². The van der Waals surface area contributed by atoms with Gasteiger partial charge in [-0.25, -0.2) is 9.97 Å². The second-order valence-electron chi connectivity index (χ2n) is 6.39. The fourth-order valence-corrected chi connectivity index (χ4v) is 3.26. The molecule has 4 rings (SSSR count). The van der Waals surface area contributed by atoms with Crippen LogP contribution >= 0.6 is 0 Å². The Balaban J connectivity index is 1.89. The topological polar surface area (TPSA) is 98.1 Å². The van der Waals surface area contributed by atoms with E-state index in [4.69, 9.17) is 4.74 Å². The SMILES string of the molecule is COc1nccnc1Cn1c(=O)c(N2CCNCC2)cc2ncc(C)nc21. The molecule has 0 aromatic carbocycles. The van der Waals surface area contributed by atoms with Crippen molar-refractivity contribution in [1.82, 2.24) is 29.8 Å². The molecule has 1 aliphatic rings. The van der Waals surface area contributed by atoms with Crippen molar-refractivity contribution in [1.29, 1.82) is 0 Å². The number of piperazine rings is 1. The van der Waals surface area contributed by atoms with Crippen molar-refractivity contribution < 1.29 is 4.74 Å². The molecule has 9 nitrogen and oxygen atoms in total. The number of ether oxygens (including phenoxy) is 1. The molecule has 9 heteroatoms. The molecular weight excluding hydrogens is 346 g/mol. The maximum atomic E-state index is 13.3. The van der Waals surface area contributed by atoms with Gasteiger partial charge in [0.15, 0.2) is 5.65 Å². The highest BCUT2D eigenvalue weighted by molar-refractivity contribution is 5.75. The van der Waals surface area contributed by atoms with Gasteiger partial charge < -0.3 is 15.0 Å². The van der Waals surface area contributed by atoms with E-state index in [0.29, 0.717) is 28.4 Å². The van der Waals surface area contributed by atoms with Crippen LogP contribution in [0.15, 0.2) is 29.5 Å². The highest BCUT2D eigenvalue weighted by atomic mass is 16.5. The normalized spacial score (nSPS) is 14.5. The van der Waals surface area contributed by atoms with Crippen molar-refractivity contribution in [3.05, 3.63) is 46.4 Å². The molecule has 1 saturated heterocycles. The van der Waals surface area contributed by atoms with Crippen LogP contribution < -0.4 is 20.5 Å². The Morgan fingerprint density at radius 2 is 1.96 bits per heavy atom. The van der Waals surface area contributed by atoms with Gasteiger partial charge in [0.2, 0.25) is 5.88 Å². The Hall–Kier alpha value is -3.07. The summed E-state index contributed by atoms with van der Waals surface area (Å²) >= 11 is 0. The van der Waals surface area contributed by atoms with Gasteiger partial charge in [0.25, 0.3) is 5.56 Å². The van der Waals surface area contributed by atoms with E-state index in [1.165, 1.54) is 7.11 Å². The molecule has 4 heterocycles. The molecule has 1 fully saturated rings. The van der Waals surface area contributed by atoms with E-state index >= 15 is 0 Å². The molecule has 3 aromatic heterocycles. The van der Waals surface area contributed by atoms with Gasteiger partial charge in [-0.15, -0.1) is 0 Å². The molecule has 0 saturated carbocycles. The molecule has 3 aromatic rings. The third kappa shape index (κ3) is 3.33. The van der Waals surface area contributed by atoms with Gasteiger partial charge in [-0.05, 0) is 13.0 Å². The minimum Gasteiger partial charge on any atom is -0.480 e. The summed E-state index contributed by atoms with van der Waals surface area (Å²) < 4.78 is 6.91. The first-order valence-corrected chi connectivity index (χ1v) is 8.84. The highest BCUT2D eigenvalue weighted by Crippen LogP contribution is 2.19. The van der Waals surface area contributed by atoms with Crippen molar-refractivity contribution in [2.24, 2.45) is 0 Å². The van der Waals surface area contributed by atoms with Gasteiger partial charge in [-0.3, -0.25) is 19.3 Å². The number of anilines is 1. The molecule has 0 bridgehead atoms. The Labute approximate surface area is 156 Å². The smallest absolute Gasteiger partial charge is 0.276 e. The molecule has 0 spiro atoms. The van der Waals surface area contributed by atoms with Crippen LogP contribution in [0.5, 0.6) is 5.88 Å². The quantitative estimate of drug-likeness (QED) is 0.706. The molecule has 0 amide bonds. The van der Waals surface area contributed by atoms with E-state index in [1.807, 2.05) is 13.0 Å². The number of fused-ring (bicyclic) bond motifs is 1. The summed E-state index contributed by atoms with van der Waals surface area (Å²) in [6.07, 6.45) is 4.86. The lowest BCUT2D eigenvalue weighted by Crippen LogP contribution is -2.46. The third-order valence-corrected chi connectivity index (χ3v) is 4.59. The summed E-state index contributed by atoms with van der Waals surface area (Å²) in [4.78, 5) is 33.0. The predicted octanol–water partition coefficient (Wildman–Crippen LogP) is 0.356. The monoisotopic (exact) mass is 367 g/mol. The lowest BCUT2D eigenvalue weighted by Gasteiger charge is -2.29. The van der Waals surface area contributed by atoms with Crippen LogP contribution in [0.1, 0.15) is 11.4 Å². The molecule has 1 aliphatic heterocycles. The average molecular weight is 367 g/mol. The van der Waals surface area contributed by atoms with Gasteiger partial charge in [0.1, 0.15) is 16.9 Å². The van der Waals surface area contributed by atoms with Gasteiger partial charge in [0.05, 0.1) is 19.3 Å². The van der Waals surface area contributed by atoms with Crippen LogP contribution in [-0.2, 0) is 6.54 Å². The number of methoxy groups -OCH3 is 1. The van der Waals surface area contributed by atoms with Gasteiger partial charge in [0, 0.05) is 44.8 Å². The fraction of sp³-hybridized carbons (Fsp3) is 0.389. The van der Waals surface area contributed by atoms with Gasteiger partial charge in [-0.2, -0.15) is 0 Å². The Morgan fingerprint density at radius 1 is 1.19 bits per heavy atom. The largest absolute Gasteiger partial charge is 0.480 e. The highest BCUT2D eigenvalue weighted by Gasteiger charge is 2.20. The summed E-state index contributed by atoms with van der Waals surface area (Å²) in [7, 11) is 1.54. The van der Waals surface area contributed by atoms with Crippen LogP contribution in [0.3, 0.4) is 0 Å². The molecule has 140 valence electrons. The second-order valence-corrected chi connectivity index (χ2v) is 6.39. The number of aromatic nitrogens is 5. The first-order valence-electron chi connectivity index (χ1n) is 8.84. The minimum atomic E-state index is -0.114. The summed E-state index contributed by atoms with van der Waals surface area (Å²) in [5, 5.41) is 3.30. The van der Waals surface area contributed by atoms with Crippen LogP contribution in [0, 0.1) is 6.92 Å². The second kappa shape index (κ2) is 7.28. The van der Waals surface area contributed by atoms with Crippen molar-refractivity contribution in [3.63, 3.8) is 0 Å². The van der Waals surface area contributed by atoms with Crippen LogP contribution in [0.4, 0.5) is 5.69 Å².